The quantitative estimate of drug-likeness (QED) is 0.118. The molecule has 4 aromatic heterocycles. The summed E-state index contributed by atoms with van der Waals surface area (Å²) >= 11 is -6.86. The van der Waals surface area contributed by atoms with Gasteiger partial charge in [0.05, 0.1) is 57.4 Å². The lowest BCUT2D eigenvalue weighted by atomic mass is 10.1. The Balaban J connectivity index is 0.000000631. The van der Waals surface area contributed by atoms with E-state index >= 15 is 0 Å². The Morgan fingerprint density at radius 2 is 0.393 bits per heavy atom. The molecule has 0 saturated heterocycles. The summed E-state index contributed by atoms with van der Waals surface area (Å²) in [6.45, 7) is 8.46. The van der Waals surface area contributed by atoms with Crippen LogP contribution in [0.3, 0.4) is 0 Å². The van der Waals surface area contributed by atoms with Gasteiger partial charge in [0.2, 0.25) is 0 Å². The van der Waals surface area contributed by atoms with Gasteiger partial charge in [-0.25, -0.2) is 59.9 Å². The fraction of sp³-hybridized carbons (Fsp3) is 0.158. The average Bonchev–Trinajstić information content (AvgIpc) is 1.56. The van der Waals surface area contributed by atoms with E-state index in [2.05, 4.69) is 137 Å². The molecule has 0 aliphatic carbocycles. The van der Waals surface area contributed by atoms with Crippen LogP contribution < -0.4 is 22.0 Å². The minimum absolute atomic E-state index is 0.500. The number of nitrogens with zero attached hydrogens (tertiary/aromatic N) is 16. The van der Waals surface area contributed by atoms with E-state index in [1.165, 1.54) is 0 Å². The Labute approximate surface area is 620 Å². The molecule has 0 radical (unpaired) electrons. The van der Waals surface area contributed by atoms with E-state index in [0.29, 0.717) is 149 Å². The monoisotopic (exact) mass is 1510 g/mol. The van der Waals surface area contributed by atoms with Crippen LogP contribution in [-0.2, 0) is 11.1 Å². The minimum Gasteiger partial charge on any atom is -0.490 e. The average molecular weight is 1520 g/mol. The Morgan fingerprint density at radius 3 is 0.589 bits per heavy atom. The first-order valence-electron chi connectivity index (χ1n) is 33.1. The van der Waals surface area contributed by atoms with Crippen LogP contribution in [0, 0.1) is 0 Å². The van der Waals surface area contributed by atoms with E-state index in [-0.39, 0.29) is 0 Å². The summed E-state index contributed by atoms with van der Waals surface area (Å²) in [7, 11) is -3.20. The van der Waals surface area contributed by atoms with Gasteiger partial charge in [0.1, 0.15) is 45.2 Å². The molecule has 0 unspecified atom stereocenters. The largest absolute Gasteiger partial charge is 0.800 e. The van der Waals surface area contributed by atoms with Crippen molar-refractivity contribution in [2.24, 2.45) is 59.9 Å². The highest BCUT2D eigenvalue weighted by Gasteiger charge is 2.52. The van der Waals surface area contributed by atoms with Gasteiger partial charge in [0.15, 0.2) is 46.7 Å². The summed E-state index contributed by atoms with van der Waals surface area (Å²) in [5.74, 6) is 6.87. The molecule has 8 aliphatic heterocycles. The van der Waals surface area contributed by atoms with Crippen molar-refractivity contribution in [3.8, 4) is 0 Å². The number of alkyl halides is 8. The molecule has 0 N–H and O–H groups in total. The molecular formula is C76H68Al2F8N16O3Si2. The van der Waals surface area contributed by atoms with Crippen LogP contribution in [0.4, 0.5) is 58.4 Å². The Bertz CT molecular complexity index is 5350. The third-order valence-corrected chi connectivity index (χ3v) is 31.7. The predicted octanol–water partition coefficient (Wildman–Crippen LogP) is 15.0. The number of amidine groups is 8. The molecule has 107 heavy (non-hydrogen) atoms. The first-order valence-corrected chi connectivity index (χ1v) is 41.8. The van der Waals surface area contributed by atoms with Gasteiger partial charge in [-0.2, -0.15) is 0 Å². The molecule has 12 heterocycles. The Hall–Kier alpha value is -10.7. The number of hydrogen-bond acceptors (Lipinski definition) is 15. The van der Waals surface area contributed by atoms with Gasteiger partial charge in [0.25, 0.3) is 17.1 Å². The number of halogens is 8. The lowest BCUT2D eigenvalue weighted by Gasteiger charge is -2.37. The molecule has 0 amide bonds. The summed E-state index contributed by atoms with van der Waals surface area (Å²) < 4.78 is 109. The van der Waals surface area contributed by atoms with E-state index in [1.807, 2.05) is 97.1 Å². The van der Waals surface area contributed by atoms with Gasteiger partial charge < -0.3 is 25.3 Å². The van der Waals surface area contributed by atoms with Crippen LogP contribution in [0.5, 0.6) is 0 Å². The minimum atomic E-state index is -3.60. The SMILES string of the molecule is CF.CF.CF.CF.CF.CF.CF.CF.C[Si](C)([O][Al]1[n]2c3c4ccccc4c2N=C2N=C(N=c4c5ccccc5c([n]41)=NC1=NC(=N3)c3ccccc31)c1ccccc12)O[Si](C)(C)[O][Al]1[n]2c3c4ccccc4c2N=C2N=C(N=c4c5ccccc5c([n]41)=NC1=NC(=N3)c3ccccc31)c1ccccc12. The molecule has 0 spiro atoms. The van der Waals surface area contributed by atoms with Crippen LogP contribution in [0.2, 0.25) is 26.2 Å². The number of benzene rings is 8. The second kappa shape index (κ2) is 32.2. The zero-order valence-corrected chi connectivity index (χ0v) is 64.3. The highest BCUT2D eigenvalue weighted by molar-refractivity contribution is 6.84. The summed E-state index contributed by atoms with van der Waals surface area (Å²) in [5, 5.41) is 6.99. The zero-order valence-electron chi connectivity index (χ0n) is 60.0. The van der Waals surface area contributed by atoms with E-state index in [4.69, 9.17) is 71.0 Å². The van der Waals surface area contributed by atoms with Gasteiger partial charge in [0, 0.05) is 87.6 Å². The maximum Gasteiger partial charge on any atom is 0.800 e. The molecule has 19 nitrogen and oxygen atoms in total. The lowest BCUT2D eigenvalue weighted by molar-refractivity contribution is 0.326. The molecule has 8 aliphatic rings. The molecule has 20 rings (SSSR count). The normalized spacial score (nSPS) is 14.1. The molecule has 31 heteroatoms. The van der Waals surface area contributed by atoms with Crippen molar-refractivity contribution in [3.63, 3.8) is 0 Å². The molecule has 0 fully saturated rings. The maximum atomic E-state index is 9.50. The van der Waals surface area contributed by atoms with Crippen LogP contribution in [0.25, 0.3) is 43.1 Å². The third-order valence-electron chi connectivity index (χ3n) is 17.8. The second-order valence-electron chi connectivity index (χ2n) is 24.2. The fourth-order valence-corrected chi connectivity index (χ4v) is 29.6. The molecule has 540 valence electrons. The number of fused-ring (bicyclic) bond motifs is 28. The highest BCUT2D eigenvalue weighted by Crippen LogP contribution is 2.44. The first-order chi connectivity index (χ1) is 52.6. The van der Waals surface area contributed by atoms with Crippen molar-refractivity contribution in [1.29, 1.82) is 0 Å². The zero-order chi connectivity index (χ0) is 76.2. The summed E-state index contributed by atoms with van der Waals surface area (Å²) in [4.78, 5) is 66.0. The Morgan fingerprint density at radius 1 is 0.224 bits per heavy atom. The number of rotatable bonds is 6. The lowest BCUT2D eigenvalue weighted by Crippen LogP contribution is -2.60. The number of aliphatic imine (C=N–C) groups is 8. The van der Waals surface area contributed by atoms with E-state index in [0.717, 1.165) is 87.6 Å². The molecule has 12 aromatic rings. The van der Waals surface area contributed by atoms with Crippen molar-refractivity contribution in [3.05, 3.63) is 261 Å². The Kier molecular flexibility index (Phi) is 22.8. The highest BCUT2D eigenvalue weighted by atomic mass is 28.5. The van der Waals surface area contributed by atoms with Crippen LogP contribution in [-0.4, -0.2) is 165 Å². The summed E-state index contributed by atoms with van der Waals surface area (Å²) in [6, 6.07) is 65.8. The molecule has 12 bridgehead atoms. The van der Waals surface area contributed by atoms with Crippen molar-refractivity contribution < 1.29 is 46.2 Å². The van der Waals surface area contributed by atoms with Gasteiger partial charge in [-0.05, 0) is 26.2 Å². The van der Waals surface area contributed by atoms with E-state index in [1.54, 1.807) is 0 Å². The maximum absolute atomic E-state index is 9.50. The summed E-state index contributed by atoms with van der Waals surface area (Å²) in [5.41, 5.74) is 9.54. The van der Waals surface area contributed by atoms with Crippen molar-refractivity contribution >= 4 is 160 Å². The molecule has 8 aromatic carbocycles. The van der Waals surface area contributed by atoms with Crippen molar-refractivity contribution in [1.82, 2.24) is 14.2 Å². The van der Waals surface area contributed by atoms with Crippen LogP contribution >= 0.6 is 0 Å². The van der Waals surface area contributed by atoms with Crippen molar-refractivity contribution in [2.45, 2.75) is 26.2 Å². The third kappa shape index (κ3) is 12.9. The standard InChI is InChI=1S/2C32H16N8.C4H12O3Si2.8CH3F.2Al/c2*1-2-10-18-17(9-1)25-33-26(18)38-28-21-13-5-6-14-22(21)30(35-28)40-32-24-16-8-7-15-23(24)31(36-32)39-29-20-12-4-3-11-19(20)27(34-29)37-25;1-8(2,5)7-9(3,4)6;8*1-2;;/h2*1-16H;1-4H3;8*1H3;;/q3*-2;;;;;;;;;2*+3. The second-order valence-corrected chi connectivity index (χ2v) is 35.8. The van der Waals surface area contributed by atoms with Gasteiger partial charge >= 0.3 is 29.8 Å². The predicted molar refractivity (Wildman–Crippen MR) is 417 cm³/mol. The van der Waals surface area contributed by atoms with Crippen molar-refractivity contribution in [2.75, 3.05) is 57.4 Å². The number of hydrogen-bond donors (Lipinski definition) is 0. The van der Waals surface area contributed by atoms with Crippen LogP contribution in [0.15, 0.2) is 254 Å². The molecule has 0 saturated carbocycles. The van der Waals surface area contributed by atoms with E-state index in [9.17, 15) is 35.1 Å². The smallest absolute Gasteiger partial charge is 0.490 e. The summed E-state index contributed by atoms with van der Waals surface area (Å²) in [6.07, 6.45) is 0. The van der Waals surface area contributed by atoms with Gasteiger partial charge in [-0.1, -0.05) is 194 Å². The van der Waals surface area contributed by atoms with Gasteiger partial charge in [-0.15, -0.1) is 0 Å². The molecular weight excluding hydrogens is 1450 g/mol. The molecule has 0 atom stereocenters. The number of aromatic nitrogens is 4. The first kappa shape index (κ1) is 76.0. The van der Waals surface area contributed by atoms with Crippen LogP contribution in [0.1, 0.15) is 44.5 Å². The topological polar surface area (TPSA) is 196 Å². The van der Waals surface area contributed by atoms with E-state index < -0.39 is 47.0 Å². The fourth-order valence-electron chi connectivity index (χ4n) is 14.1. The van der Waals surface area contributed by atoms with Gasteiger partial charge in [-0.3, -0.25) is 35.1 Å².